The summed E-state index contributed by atoms with van der Waals surface area (Å²) < 4.78 is 65.3. The predicted molar refractivity (Wildman–Crippen MR) is 143 cm³/mol. The van der Waals surface area contributed by atoms with Crippen LogP contribution in [0.15, 0.2) is 52.2 Å². The van der Waals surface area contributed by atoms with Crippen LogP contribution in [0.1, 0.15) is 46.3 Å². The Morgan fingerprint density at radius 2 is 1.90 bits per heavy atom. The van der Waals surface area contributed by atoms with Crippen molar-refractivity contribution in [2.75, 3.05) is 19.8 Å². The zero-order chi connectivity index (χ0) is 29.6. The van der Waals surface area contributed by atoms with Crippen LogP contribution in [-0.2, 0) is 32.8 Å². The average molecular weight is 600 g/mol. The molecule has 2 N–H and O–H groups in total. The second-order valence-electron chi connectivity index (χ2n) is 9.89. The van der Waals surface area contributed by atoms with Crippen LogP contribution in [-0.4, -0.2) is 65.5 Å². The normalized spacial score (nSPS) is 27.5. The molecule has 2 fully saturated rings. The van der Waals surface area contributed by atoms with Crippen LogP contribution in [0, 0.1) is 0 Å². The minimum atomic E-state index is -4.22. The quantitative estimate of drug-likeness (QED) is 0.289. The van der Waals surface area contributed by atoms with Crippen LogP contribution in [0.4, 0.5) is 4.39 Å². The lowest BCUT2D eigenvalue weighted by atomic mass is 9.98. The summed E-state index contributed by atoms with van der Waals surface area (Å²) in [4.78, 5) is 38.3. The highest BCUT2D eigenvalue weighted by Gasteiger charge is 2.58. The van der Waals surface area contributed by atoms with Crippen LogP contribution in [0.25, 0.3) is 0 Å². The van der Waals surface area contributed by atoms with Gasteiger partial charge in [0.2, 0.25) is 0 Å². The van der Waals surface area contributed by atoms with E-state index < -0.39 is 68.0 Å². The van der Waals surface area contributed by atoms with E-state index in [-0.39, 0.29) is 12.2 Å². The van der Waals surface area contributed by atoms with Gasteiger partial charge in [-0.3, -0.25) is 23.7 Å². The van der Waals surface area contributed by atoms with E-state index in [4.69, 9.17) is 28.0 Å². The molecular formula is C26H35FN3O10P. The minimum absolute atomic E-state index is 0.0561. The summed E-state index contributed by atoms with van der Waals surface area (Å²) in [6, 6.07) is 8.65. The Labute approximate surface area is 235 Å². The standard InChI is InChI=1S/C26H35FN3O10P/c1-4-21(32)39-22-19(38-24(26(22,3)27)30-13-12-20(31)28-25(30)33)16-37-41(34,40-18-10-6-5-7-11-18)29-17(2)23-35-14-8-9-15-36-23/h5-7,10-13,17,19,22-24H,4,8-9,14-16H2,1-3H3,(H,29,34)(H,28,31,33)/t17?,19-,22-,24?,26-,41?/m1/s1. The Kier molecular flexibility index (Phi) is 10.2. The van der Waals surface area contributed by atoms with Gasteiger partial charge in [-0.2, -0.15) is 0 Å². The van der Waals surface area contributed by atoms with Crippen molar-refractivity contribution in [1.82, 2.24) is 14.6 Å². The predicted octanol–water partition coefficient (Wildman–Crippen LogP) is 2.82. The highest BCUT2D eigenvalue weighted by atomic mass is 31.2. The van der Waals surface area contributed by atoms with E-state index in [1.54, 1.807) is 37.3 Å². The summed E-state index contributed by atoms with van der Waals surface area (Å²) in [5.74, 6) is -0.493. The van der Waals surface area contributed by atoms with E-state index in [1.165, 1.54) is 6.92 Å². The molecular weight excluding hydrogens is 564 g/mol. The number of hydrogen-bond donors (Lipinski definition) is 2. The molecule has 2 aromatic rings. The first-order valence-corrected chi connectivity index (χ1v) is 14.9. The Balaban J connectivity index is 1.59. The van der Waals surface area contributed by atoms with Crippen molar-refractivity contribution in [3.63, 3.8) is 0 Å². The maximum absolute atomic E-state index is 16.3. The number of rotatable bonds is 11. The smallest absolute Gasteiger partial charge is 0.456 e. The van der Waals surface area contributed by atoms with Gasteiger partial charge in [0.25, 0.3) is 5.56 Å². The maximum atomic E-state index is 16.3. The van der Waals surface area contributed by atoms with Crippen molar-refractivity contribution in [3.05, 3.63) is 63.4 Å². The fourth-order valence-corrected chi connectivity index (χ4v) is 6.04. The molecule has 0 saturated carbocycles. The number of alkyl halides is 1. The van der Waals surface area contributed by atoms with Gasteiger partial charge in [0.05, 0.1) is 12.6 Å². The number of aromatic amines is 1. The molecule has 41 heavy (non-hydrogen) atoms. The van der Waals surface area contributed by atoms with Gasteiger partial charge in [0.1, 0.15) is 11.9 Å². The molecule has 15 heteroatoms. The molecule has 3 heterocycles. The monoisotopic (exact) mass is 599 g/mol. The van der Waals surface area contributed by atoms with Crippen molar-refractivity contribution < 1.29 is 41.7 Å². The van der Waals surface area contributed by atoms with E-state index in [0.29, 0.717) is 13.2 Å². The SMILES string of the molecule is CCC(=O)O[C@@H]1[C@@H](COP(=O)(NC(C)C2OCCCCO2)Oc2ccccc2)OC(n2ccc(=O)[nH]c2=O)[C@]1(C)F. The summed E-state index contributed by atoms with van der Waals surface area (Å²) in [6.45, 7) is 4.68. The van der Waals surface area contributed by atoms with E-state index >= 15 is 4.39 Å². The number of H-pyrrole nitrogens is 1. The second-order valence-corrected chi connectivity index (χ2v) is 11.6. The third-order valence-corrected chi connectivity index (χ3v) is 8.25. The highest BCUT2D eigenvalue weighted by molar-refractivity contribution is 7.52. The molecule has 0 bridgehead atoms. The average Bonchev–Trinajstić information content (AvgIpc) is 3.10. The van der Waals surface area contributed by atoms with Gasteiger partial charge >= 0.3 is 19.4 Å². The lowest BCUT2D eigenvalue weighted by Gasteiger charge is -2.29. The van der Waals surface area contributed by atoms with E-state index in [0.717, 1.165) is 36.6 Å². The van der Waals surface area contributed by atoms with Gasteiger partial charge < -0.3 is 23.5 Å². The third-order valence-electron chi connectivity index (χ3n) is 6.58. The number of ether oxygens (including phenoxy) is 4. The summed E-state index contributed by atoms with van der Waals surface area (Å²) in [5, 5.41) is 2.82. The molecule has 1 aromatic carbocycles. The zero-order valence-electron chi connectivity index (χ0n) is 23.0. The zero-order valence-corrected chi connectivity index (χ0v) is 23.9. The molecule has 0 spiro atoms. The third kappa shape index (κ3) is 7.70. The van der Waals surface area contributed by atoms with Crippen LogP contribution in [0.3, 0.4) is 0 Å². The number of carbonyl (C=O) groups is 1. The maximum Gasteiger partial charge on any atom is 0.459 e. The summed E-state index contributed by atoms with van der Waals surface area (Å²) >= 11 is 0. The molecule has 0 aliphatic carbocycles. The number of aromatic nitrogens is 2. The van der Waals surface area contributed by atoms with Crippen molar-refractivity contribution >= 4 is 13.7 Å². The summed E-state index contributed by atoms with van der Waals surface area (Å²) in [5.41, 5.74) is -4.06. The largest absolute Gasteiger partial charge is 0.459 e. The molecule has 13 nitrogen and oxygen atoms in total. The van der Waals surface area contributed by atoms with Crippen molar-refractivity contribution in [2.24, 2.45) is 0 Å². The van der Waals surface area contributed by atoms with Crippen molar-refractivity contribution in [3.8, 4) is 5.75 Å². The number of carbonyl (C=O) groups excluding carboxylic acids is 1. The number of esters is 1. The first-order chi connectivity index (χ1) is 19.5. The number of halogens is 1. The van der Waals surface area contributed by atoms with E-state index in [2.05, 4.69) is 5.09 Å². The molecule has 3 unspecified atom stereocenters. The van der Waals surface area contributed by atoms with Crippen LogP contribution in [0.5, 0.6) is 5.75 Å². The number of hydrogen-bond acceptors (Lipinski definition) is 10. The second kappa shape index (κ2) is 13.4. The van der Waals surface area contributed by atoms with E-state index in [1.807, 2.05) is 4.98 Å². The van der Waals surface area contributed by atoms with Gasteiger partial charge in [0, 0.05) is 31.9 Å². The lowest BCUT2D eigenvalue weighted by Crippen LogP contribution is -2.46. The molecule has 2 aliphatic heterocycles. The molecule has 4 rings (SSSR count). The van der Waals surface area contributed by atoms with Gasteiger partial charge in [0.15, 0.2) is 24.3 Å². The Morgan fingerprint density at radius 1 is 1.22 bits per heavy atom. The molecule has 0 radical (unpaired) electrons. The van der Waals surface area contributed by atoms with Crippen LogP contribution in [0.2, 0.25) is 0 Å². The number of nitrogens with zero attached hydrogens (tertiary/aromatic N) is 1. The van der Waals surface area contributed by atoms with Crippen molar-refractivity contribution in [2.45, 2.75) is 76.5 Å². The minimum Gasteiger partial charge on any atom is -0.456 e. The van der Waals surface area contributed by atoms with E-state index in [9.17, 15) is 18.9 Å². The first kappa shape index (κ1) is 31.1. The number of benzene rings is 1. The van der Waals surface area contributed by atoms with Gasteiger partial charge in [-0.15, -0.1) is 0 Å². The first-order valence-electron chi connectivity index (χ1n) is 13.4. The fourth-order valence-electron chi connectivity index (χ4n) is 4.50. The molecule has 1 aromatic heterocycles. The molecule has 226 valence electrons. The van der Waals surface area contributed by atoms with Gasteiger partial charge in [-0.25, -0.2) is 18.8 Å². The van der Waals surface area contributed by atoms with Crippen LogP contribution < -0.4 is 20.9 Å². The fraction of sp³-hybridized carbons (Fsp3) is 0.577. The molecule has 2 aliphatic rings. The molecule has 0 amide bonds. The lowest BCUT2D eigenvalue weighted by molar-refractivity contribution is -0.157. The Bertz CT molecular complexity index is 1330. The summed E-state index contributed by atoms with van der Waals surface area (Å²) in [6.07, 6.45) is -2.57. The summed E-state index contributed by atoms with van der Waals surface area (Å²) in [7, 11) is -4.22. The Hall–Kier alpha value is -2.87. The number of nitrogens with one attached hydrogen (secondary N) is 2. The van der Waals surface area contributed by atoms with Crippen molar-refractivity contribution in [1.29, 1.82) is 0 Å². The highest BCUT2D eigenvalue weighted by Crippen LogP contribution is 2.48. The molecule has 6 atom stereocenters. The van der Waals surface area contributed by atoms with Gasteiger partial charge in [-0.05, 0) is 38.8 Å². The number of para-hydroxylation sites is 1. The Morgan fingerprint density at radius 3 is 2.54 bits per heavy atom. The topological polar surface area (TPSA) is 156 Å². The van der Waals surface area contributed by atoms with Gasteiger partial charge in [-0.1, -0.05) is 25.1 Å². The molecule has 2 saturated heterocycles. The van der Waals surface area contributed by atoms with Crippen LogP contribution >= 0.6 is 7.75 Å².